The molecule has 2 aromatic carbocycles. The van der Waals surface area contributed by atoms with E-state index in [0.717, 1.165) is 0 Å². The Morgan fingerprint density at radius 1 is 1.26 bits per heavy atom. The summed E-state index contributed by atoms with van der Waals surface area (Å²) in [4.78, 5) is 24.9. The SMILES string of the molecule is Nc1cccc2c1C(=O)C1(NC=O)c3ccc(S)cc3OC21O. The number of hydrogen-bond donors (Lipinski definition) is 4. The number of benzene rings is 2. The molecule has 2 aliphatic rings. The molecule has 1 heterocycles. The maximum absolute atomic E-state index is 13.1. The number of nitrogens with one attached hydrogen (secondary N) is 1. The highest BCUT2D eigenvalue weighted by Gasteiger charge is 2.71. The summed E-state index contributed by atoms with van der Waals surface area (Å²) in [6.45, 7) is 0. The van der Waals surface area contributed by atoms with Gasteiger partial charge < -0.3 is 20.9 Å². The first-order chi connectivity index (χ1) is 11.0. The molecule has 1 amide bonds. The van der Waals surface area contributed by atoms with Crippen LogP contribution in [0.5, 0.6) is 5.75 Å². The number of rotatable bonds is 2. The highest BCUT2D eigenvalue weighted by Crippen LogP contribution is 2.58. The van der Waals surface area contributed by atoms with Crippen molar-refractivity contribution < 1.29 is 19.4 Å². The van der Waals surface area contributed by atoms with Crippen LogP contribution in [-0.2, 0) is 16.1 Å². The molecular formula is C16H12N2O4S. The summed E-state index contributed by atoms with van der Waals surface area (Å²) in [6.07, 6.45) is 0.373. The van der Waals surface area contributed by atoms with Crippen LogP contribution in [0.1, 0.15) is 21.5 Å². The zero-order valence-corrected chi connectivity index (χ0v) is 12.6. The predicted octanol–water partition coefficient (Wildman–Crippen LogP) is 0.933. The van der Waals surface area contributed by atoms with Crippen molar-refractivity contribution in [2.75, 3.05) is 5.73 Å². The second-order valence-electron chi connectivity index (χ2n) is 5.54. The lowest BCUT2D eigenvalue weighted by molar-refractivity contribution is -0.172. The second-order valence-corrected chi connectivity index (χ2v) is 6.05. The normalized spacial score (nSPS) is 27.0. The van der Waals surface area contributed by atoms with Crippen molar-refractivity contribution in [3.63, 3.8) is 0 Å². The van der Waals surface area contributed by atoms with Gasteiger partial charge in [0.2, 0.25) is 17.7 Å². The van der Waals surface area contributed by atoms with Gasteiger partial charge in [0.1, 0.15) is 5.75 Å². The minimum Gasteiger partial charge on any atom is -0.454 e. The van der Waals surface area contributed by atoms with Gasteiger partial charge in [-0.15, -0.1) is 12.6 Å². The lowest BCUT2D eigenvalue weighted by Gasteiger charge is -2.32. The third-order valence-electron chi connectivity index (χ3n) is 4.44. The van der Waals surface area contributed by atoms with Crippen LogP contribution in [0.25, 0.3) is 0 Å². The minimum absolute atomic E-state index is 0.157. The van der Waals surface area contributed by atoms with E-state index in [1.165, 1.54) is 0 Å². The third kappa shape index (κ3) is 1.43. The maximum Gasteiger partial charge on any atom is 0.271 e. The van der Waals surface area contributed by atoms with Gasteiger partial charge in [-0.05, 0) is 18.2 Å². The van der Waals surface area contributed by atoms with Crippen LogP contribution in [0.4, 0.5) is 5.69 Å². The van der Waals surface area contributed by atoms with Crippen LogP contribution in [0.2, 0.25) is 0 Å². The van der Waals surface area contributed by atoms with Crippen molar-refractivity contribution in [2.45, 2.75) is 16.2 Å². The van der Waals surface area contributed by atoms with Gasteiger partial charge >= 0.3 is 0 Å². The van der Waals surface area contributed by atoms with Gasteiger partial charge in [-0.25, -0.2) is 0 Å². The van der Waals surface area contributed by atoms with Crippen LogP contribution in [-0.4, -0.2) is 17.3 Å². The number of nitrogens with two attached hydrogens (primary N) is 1. The van der Waals surface area contributed by atoms with E-state index in [-0.39, 0.29) is 22.6 Å². The van der Waals surface area contributed by atoms with Gasteiger partial charge in [-0.2, -0.15) is 0 Å². The number of ketones is 1. The molecule has 1 aliphatic carbocycles. The Morgan fingerprint density at radius 2 is 2.04 bits per heavy atom. The van der Waals surface area contributed by atoms with Crippen LogP contribution in [0, 0.1) is 0 Å². The number of aliphatic hydroxyl groups is 1. The number of ether oxygens (including phenoxy) is 1. The molecule has 23 heavy (non-hydrogen) atoms. The largest absolute Gasteiger partial charge is 0.454 e. The molecule has 116 valence electrons. The molecule has 0 spiro atoms. The summed E-state index contributed by atoms with van der Waals surface area (Å²) in [7, 11) is 0. The number of nitrogen functional groups attached to an aromatic ring is 1. The van der Waals surface area contributed by atoms with Crippen LogP contribution in [0.15, 0.2) is 41.3 Å². The van der Waals surface area contributed by atoms with Crippen LogP contribution >= 0.6 is 12.6 Å². The molecule has 0 radical (unpaired) electrons. The molecule has 4 rings (SSSR count). The molecule has 2 unspecified atom stereocenters. The number of amides is 1. The minimum atomic E-state index is -2.06. The number of thiol groups is 1. The van der Waals surface area contributed by atoms with Gasteiger partial charge in [0, 0.05) is 21.7 Å². The van der Waals surface area contributed by atoms with Crippen molar-refractivity contribution in [3.8, 4) is 5.75 Å². The van der Waals surface area contributed by atoms with Crippen molar-refractivity contribution in [1.29, 1.82) is 0 Å². The van der Waals surface area contributed by atoms with Gasteiger partial charge in [-0.3, -0.25) is 9.59 Å². The van der Waals surface area contributed by atoms with Crippen LogP contribution in [0.3, 0.4) is 0 Å². The maximum atomic E-state index is 13.1. The first-order valence-corrected chi connectivity index (χ1v) is 7.30. The fourth-order valence-corrected chi connectivity index (χ4v) is 3.67. The van der Waals surface area contributed by atoms with Crippen molar-refractivity contribution in [3.05, 3.63) is 53.1 Å². The number of hydrogen-bond acceptors (Lipinski definition) is 6. The molecule has 7 heteroatoms. The first-order valence-electron chi connectivity index (χ1n) is 6.85. The molecule has 2 aromatic rings. The number of Topliss-reactive ketones (excluding diaryl/α,β-unsaturated/α-hetero) is 1. The first kappa shape index (κ1) is 14.1. The van der Waals surface area contributed by atoms with E-state index < -0.39 is 17.1 Å². The Hall–Kier alpha value is -2.51. The van der Waals surface area contributed by atoms with Crippen molar-refractivity contribution in [2.24, 2.45) is 0 Å². The van der Waals surface area contributed by atoms with Gasteiger partial charge in [0.05, 0.1) is 5.56 Å². The summed E-state index contributed by atoms with van der Waals surface area (Å²) in [6, 6.07) is 9.59. The number of fused-ring (bicyclic) bond motifs is 5. The second kappa shape index (κ2) is 4.27. The zero-order chi connectivity index (χ0) is 16.4. The lowest BCUT2D eigenvalue weighted by atomic mass is 9.83. The van der Waals surface area contributed by atoms with E-state index >= 15 is 0 Å². The van der Waals surface area contributed by atoms with E-state index in [1.807, 2.05) is 0 Å². The molecule has 0 aromatic heterocycles. The third-order valence-corrected chi connectivity index (χ3v) is 4.72. The van der Waals surface area contributed by atoms with E-state index in [1.54, 1.807) is 36.4 Å². The topological polar surface area (TPSA) is 102 Å². The van der Waals surface area contributed by atoms with Gasteiger partial charge in [0.25, 0.3) is 5.79 Å². The number of carbonyl (C=O) groups excluding carboxylic acids is 2. The monoisotopic (exact) mass is 328 g/mol. The Bertz CT molecular complexity index is 884. The highest BCUT2D eigenvalue weighted by molar-refractivity contribution is 7.80. The van der Waals surface area contributed by atoms with E-state index in [2.05, 4.69) is 17.9 Å². The average Bonchev–Trinajstić information content (AvgIpc) is 2.85. The summed E-state index contributed by atoms with van der Waals surface area (Å²) < 4.78 is 5.72. The number of anilines is 1. The standard InChI is InChI=1S/C16H12N2O4S/c17-11-3-1-2-10-13(11)14(20)15(18-7-19)9-5-4-8(23)6-12(9)22-16(10,15)21/h1-7,21,23H,17H2,(H,18,19). The molecule has 0 fully saturated rings. The zero-order valence-electron chi connectivity index (χ0n) is 11.7. The van der Waals surface area contributed by atoms with Gasteiger partial charge in [0.15, 0.2) is 0 Å². The Labute approximate surface area is 136 Å². The van der Waals surface area contributed by atoms with E-state index in [4.69, 9.17) is 10.5 Å². The molecule has 6 nitrogen and oxygen atoms in total. The van der Waals surface area contributed by atoms with Crippen LogP contribution < -0.4 is 15.8 Å². The quantitative estimate of drug-likeness (QED) is 0.373. The van der Waals surface area contributed by atoms with E-state index in [0.29, 0.717) is 16.9 Å². The summed E-state index contributed by atoms with van der Waals surface area (Å²) in [5.41, 5.74) is 5.12. The molecule has 4 N–H and O–H groups in total. The summed E-state index contributed by atoms with van der Waals surface area (Å²) in [5, 5.41) is 13.7. The van der Waals surface area contributed by atoms with Crippen molar-refractivity contribution >= 4 is 30.5 Å². The fourth-order valence-electron chi connectivity index (χ4n) is 3.48. The summed E-state index contributed by atoms with van der Waals surface area (Å²) >= 11 is 4.23. The smallest absolute Gasteiger partial charge is 0.271 e. The lowest BCUT2D eigenvalue weighted by Crippen LogP contribution is -2.58. The van der Waals surface area contributed by atoms with Crippen molar-refractivity contribution in [1.82, 2.24) is 5.32 Å². The fraction of sp³-hybridized carbons (Fsp3) is 0.125. The van der Waals surface area contributed by atoms with Gasteiger partial charge in [-0.1, -0.05) is 18.2 Å². The molecule has 0 saturated heterocycles. The Balaban J connectivity index is 2.09. The molecule has 0 saturated carbocycles. The average molecular weight is 328 g/mol. The number of carbonyl (C=O) groups is 2. The Morgan fingerprint density at radius 3 is 2.78 bits per heavy atom. The van der Waals surface area contributed by atoms with E-state index in [9.17, 15) is 14.7 Å². The highest BCUT2D eigenvalue weighted by atomic mass is 32.1. The molecule has 1 aliphatic heterocycles. The molecule has 0 bridgehead atoms. The molecular weight excluding hydrogens is 316 g/mol. The molecule has 2 atom stereocenters. The Kier molecular flexibility index (Phi) is 2.62. The summed E-state index contributed by atoms with van der Waals surface area (Å²) in [5.74, 6) is -2.28. The predicted molar refractivity (Wildman–Crippen MR) is 84.3 cm³/mol.